The normalized spacial score (nSPS) is 11.9. The summed E-state index contributed by atoms with van der Waals surface area (Å²) in [6.45, 7) is 6.76. The van der Waals surface area contributed by atoms with Crippen LogP contribution >= 0.6 is 0 Å². The first-order valence-corrected chi connectivity index (χ1v) is 25.1. The van der Waals surface area contributed by atoms with E-state index in [1.54, 1.807) is 0 Å². The molecule has 0 unspecified atom stereocenters. The van der Waals surface area contributed by atoms with Gasteiger partial charge >= 0.3 is 0 Å². The van der Waals surface area contributed by atoms with Crippen molar-refractivity contribution in [2.45, 2.75) is 26.2 Å². The number of nitrogens with zero attached hydrogens (tertiary/aromatic N) is 6. The van der Waals surface area contributed by atoms with Gasteiger partial charge in [-0.3, -0.25) is 4.57 Å². The smallest absolute Gasteiger partial charge is 0.267 e. The van der Waals surface area contributed by atoms with Gasteiger partial charge < -0.3 is 23.0 Å². The first-order valence-electron chi connectivity index (χ1n) is 25.1. The average Bonchev–Trinajstić information content (AvgIpc) is 4.36. The van der Waals surface area contributed by atoms with Crippen molar-refractivity contribution in [3.05, 3.63) is 243 Å². The number of ether oxygens (including phenoxy) is 1. The van der Waals surface area contributed by atoms with Gasteiger partial charge in [0.05, 0.1) is 27.8 Å². The number of rotatable bonds is 8. The molecule has 0 aliphatic rings. The first kappa shape index (κ1) is 46.0. The van der Waals surface area contributed by atoms with E-state index in [0.29, 0.717) is 11.5 Å². The number of aromatic nitrogens is 6. The molecule has 7 nitrogen and oxygen atoms in total. The number of benzene rings is 9. The SMILES string of the molecule is Cn1c2ccccc2c2c1c1c3ccccc3n(-c3ccccc3)c1c1c3ccc(Oc4[c-]c(-[n+]5[c-]n(-c6c(-c7ccccc7)cccc6-c6ccccc6)cc5)ccc4)[c-]c3n(-c3cc(C(C)(C)C)ccn3)c21.[Pt]. The fourth-order valence-corrected chi connectivity index (χ4v) is 11.3. The molecule has 0 fully saturated rings. The molecule has 0 saturated carbocycles. The third-order valence-electron chi connectivity index (χ3n) is 14.7. The summed E-state index contributed by atoms with van der Waals surface area (Å²) in [7, 11) is 2.20. The monoisotopic (exact) mass is 1150 g/mol. The van der Waals surface area contributed by atoms with Gasteiger partial charge in [0.25, 0.3) is 6.33 Å². The van der Waals surface area contributed by atoms with Crippen molar-refractivity contribution in [2.24, 2.45) is 7.05 Å². The predicted molar refractivity (Wildman–Crippen MR) is 300 cm³/mol. The fraction of sp³-hybridized carbons (Fsp3) is 0.0746. The summed E-state index contributed by atoms with van der Waals surface area (Å²) >= 11 is 0. The van der Waals surface area contributed by atoms with Crippen molar-refractivity contribution in [3.63, 3.8) is 0 Å². The number of hydrogen-bond donors (Lipinski definition) is 0. The summed E-state index contributed by atoms with van der Waals surface area (Å²) in [4.78, 5) is 5.19. The largest absolute Gasteiger partial charge is 0.510 e. The Morgan fingerprint density at radius 1 is 0.533 bits per heavy atom. The quantitative estimate of drug-likeness (QED) is 0.112. The van der Waals surface area contributed by atoms with Crippen molar-refractivity contribution < 1.29 is 30.4 Å². The topological polar surface area (TPSA) is 45.7 Å². The van der Waals surface area contributed by atoms with E-state index in [1.807, 2.05) is 41.2 Å². The van der Waals surface area contributed by atoms with E-state index in [1.165, 1.54) is 32.6 Å². The number of para-hydroxylation sites is 4. The maximum absolute atomic E-state index is 6.86. The first-order chi connectivity index (χ1) is 36.3. The van der Waals surface area contributed by atoms with Crippen LogP contribution in [0.2, 0.25) is 0 Å². The van der Waals surface area contributed by atoms with Crippen LogP contribution in [-0.2, 0) is 33.5 Å². The summed E-state index contributed by atoms with van der Waals surface area (Å²) in [5.74, 6) is 1.93. The van der Waals surface area contributed by atoms with Crippen LogP contribution in [0.3, 0.4) is 0 Å². The van der Waals surface area contributed by atoms with Crippen molar-refractivity contribution in [3.8, 4) is 56.6 Å². The molecule has 0 aliphatic heterocycles. The van der Waals surface area contributed by atoms with Gasteiger partial charge in [0.15, 0.2) is 0 Å². The summed E-state index contributed by atoms with van der Waals surface area (Å²) in [6.07, 6.45) is 9.65. The molecule has 0 N–H and O–H groups in total. The van der Waals surface area contributed by atoms with Gasteiger partial charge in [0.2, 0.25) is 0 Å². The molecule has 5 aromatic heterocycles. The van der Waals surface area contributed by atoms with Crippen LogP contribution in [-0.4, -0.2) is 23.3 Å². The van der Waals surface area contributed by atoms with Crippen molar-refractivity contribution in [2.75, 3.05) is 0 Å². The second-order valence-electron chi connectivity index (χ2n) is 20.1. The Morgan fingerprint density at radius 2 is 1.12 bits per heavy atom. The van der Waals surface area contributed by atoms with Gasteiger partial charge in [-0.2, -0.15) is 18.2 Å². The molecular weight excluding hydrogens is 1100 g/mol. The predicted octanol–water partition coefficient (Wildman–Crippen LogP) is 15.8. The summed E-state index contributed by atoms with van der Waals surface area (Å²) in [6, 6.07) is 77.9. The zero-order chi connectivity index (χ0) is 49.7. The van der Waals surface area contributed by atoms with E-state index in [0.717, 1.165) is 83.5 Å². The zero-order valence-electron chi connectivity index (χ0n) is 41.7. The molecule has 9 aromatic carbocycles. The fourth-order valence-electron chi connectivity index (χ4n) is 11.3. The number of fused-ring (bicyclic) bond motifs is 12. The molecule has 0 bridgehead atoms. The van der Waals surface area contributed by atoms with E-state index < -0.39 is 0 Å². The molecule has 364 valence electrons. The van der Waals surface area contributed by atoms with Gasteiger partial charge in [-0.05, 0) is 80.7 Å². The van der Waals surface area contributed by atoms with Crippen LogP contribution in [0, 0.1) is 18.5 Å². The number of hydrogen-bond acceptors (Lipinski definition) is 2. The van der Waals surface area contributed by atoms with Crippen molar-refractivity contribution >= 4 is 65.4 Å². The van der Waals surface area contributed by atoms with E-state index >= 15 is 0 Å². The molecular formula is C67H48N6OPt-2. The molecule has 14 aromatic rings. The molecule has 0 amide bonds. The van der Waals surface area contributed by atoms with Gasteiger partial charge in [-0.25, -0.2) is 4.98 Å². The molecule has 0 atom stereocenters. The van der Waals surface area contributed by atoms with Gasteiger partial charge in [0.1, 0.15) is 5.82 Å². The van der Waals surface area contributed by atoms with Crippen LogP contribution in [0.25, 0.3) is 111 Å². The molecule has 0 saturated heterocycles. The average molecular weight is 1150 g/mol. The Balaban J connectivity index is 0.00000541. The number of aryl methyl sites for hydroxylation is 1. The van der Waals surface area contributed by atoms with E-state index in [4.69, 9.17) is 9.72 Å². The zero-order valence-corrected chi connectivity index (χ0v) is 44.0. The second-order valence-corrected chi connectivity index (χ2v) is 20.1. The molecule has 75 heavy (non-hydrogen) atoms. The minimum atomic E-state index is -0.122. The number of pyridine rings is 1. The molecule has 14 rings (SSSR count). The third kappa shape index (κ3) is 7.44. The molecule has 0 radical (unpaired) electrons. The summed E-state index contributed by atoms with van der Waals surface area (Å²) in [5.41, 5.74) is 15.0. The second kappa shape index (κ2) is 18.0. The Hall–Kier alpha value is -8.77. The minimum Gasteiger partial charge on any atom is -0.510 e. The van der Waals surface area contributed by atoms with Gasteiger partial charge in [0, 0.05) is 91.0 Å². The minimum absolute atomic E-state index is 0. The van der Waals surface area contributed by atoms with Gasteiger partial charge in [-0.15, -0.1) is 24.3 Å². The van der Waals surface area contributed by atoms with E-state index in [9.17, 15) is 0 Å². The maximum atomic E-state index is 6.86. The van der Waals surface area contributed by atoms with E-state index in [2.05, 4.69) is 247 Å². The van der Waals surface area contributed by atoms with Crippen molar-refractivity contribution in [1.82, 2.24) is 23.3 Å². The van der Waals surface area contributed by atoms with E-state index in [-0.39, 0.29) is 26.5 Å². The van der Waals surface area contributed by atoms with Crippen molar-refractivity contribution in [1.29, 1.82) is 0 Å². The third-order valence-corrected chi connectivity index (χ3v) is 14.7. The van der Waals surface area contributed by atoms with Crippen LogP contribution in [0.1, 0.15) is 26.3 Å². The molecule has 0 spiro atoms. The Morgan fingerprint density at radius 3 is 1.81 bits per heavy atom. The molecule has 0 aliphatic carbocycles. The Labute approximate surface area is 449 Å². The van der Waals surface area contributed by atoms with Gasteiger partial charge in [-0.1, -0.05) is 165 Å². The standard InChI is InChI=1S/C67H48N6O.Pt/c1-67(2,3)46-36-37-68-59(40-46)73-58-42-50(74-49-27-18-26-48(41-49)70-38-39-71(43-70)63-51(44-20-8-5-9-21-44)30-19-31-52(63)45-22-10-6-11-23-45)34-35-55(58)62-65-61(64-60(66(62)73)53-28-14-16-32-56(53)69(64)4)54-29-15-17-33-57(54)72(65)47-24-12-7-13-25-47;/h5-40H,1-4H3;/q-2;. The summed E-state index contributed by atoms with van der Waals surface area (Å²) in [5, 5.41) is 6.91. The summed E-state index contributed by atoms with van der Waals surface area (Å²) < 4.78 is 18.1. The van der Waals surface area contributed by atoms with Crippen LogP contribution in [0.5, 0.6) is 11.5 Å². The molecule has 8 heteroatoms. The van der Waals surface area contributed by atoms with Crippen LogP contribution in [0.15, 0.2) is 219 Å². The maximum Gasteiger partial charge on any atom is 0.267 e. The Bertz CT molecular complexity index is 4440. The van der Waals surface area contributed by atoms with Crippen LogP contribution in [0.4, 0.5) is 0 Å². The number of imidazole rings is 1. The molecule has 5 heterocycles. The van der Waals surface area contributed by atoms with Crippen LogP contribution < -0.4 is 9.30 Å². The Kier molecular flexibility index (Phi) is 11.1.